The SMILES string of the molecule is COc1ccc(CNC(=O)C(=O)NN)cn1. The topological polar surface area (TPSA) is 106 Å². The number of hydrogen-bond donors (Lipinski definition) is 3. The van der Waals surface area contributed by atoms with Gasteiger partial charge in [0, 0.05) is 18.8 Å². The van der Waals surface area contributed by atoms with Crippen LogP contribution in [0.25, 0.3) is 0 Å². The van der Waals surface area contributed by atoms with Crippen LogP contribution in [0, 0.1) is 0 Å². The zero-order valence-corrected chi connectivity index (χ0v) is 8.69. The van der Waals surface area contributed by atoms with Crippen LogP contribution >= 0.6 is 0 Å². The van der Waals surface area contributed by atoms with Crippen molar-refractivity contribution < 1.29 is 14.3 Å². The Hall–Kier alpha value is -2.15. The molecular formula is C9H12N4O3. The van der Waals surface area contributed by atoms with E-state index in [0.29, 0.717) is 5.88 Å². The normalized spacial score (nSPS) is 9.38. The Bertz CT molecular complexity index is 377. The Morgan fingerprint density at radius 2 is 2.19 bits per heavy atom. The number of ether oxygens (including phenoxy) is 1. The van der Waals surface area contributed by atoms with Crippen LogP contribution < -0.4 is 21.3 Å². The van der Waals surface area contributed by atoms with Gasteiger partial charge in [-0.25, -0.2) is 10.8 Å². The molecular weight excluding hydrogens is 212 g/mol. The lowest BCUT2D eigenvalue weighted by Gasteiger charge is -2.04. The van der Waals surface area contributed by atoms with E-state index in [2.05, 4.69) is 10.3 Å². The van der Waals surface area contributed by atoms with Crippen LogP contribution in [0.1, 0.15) is 5.56 Å². The highest BCUT2D eigenvalue weighted by molar-refractivity contribution is 6.34. The van der Waals surface area contributed by atoms with E-state index >= 15 is 0 Å². The second-order valence-electron chi connectivity index (χ2n) is 2.86. The average Bonchev–Trinajstić information content (AvgIpc) is 2.35. The number of carbonyl (C=O) groups excluding carboxylic acids is 2. The average molecular weight is 224 g/mol. The molecule has 0 saturated heterocycles. The zero-order chi connectivity index (χ0) is 12.0. The summed E-state index contributed by atoms with van der Waals surface area (Å²) in [5.74, 6) is 3.59. The lowest BCUT2D eigenvalue weighted by molar-refractivity contribution is -0.139. The monoisotopic (exact) mass is 224 g/mol. The summed E-state index contributed by atoms with van der Waals surface area (Å²) in [6.07, 6.45) is 1.54. The second-order valence-corrected chi connectivity index (χ2v) is 2.86. The number of nitrogens with zero attached hydrogens (tertiary/aromatic N) is 1. The molecule has 0 atom stereocenters. The summed E-state index contributed by atoms with van der Waals surface area (Å²) in [6.45, 7) is 0.198. The minimum Gasteiger partial charge on any atom is -0.481 e. The number of hydrazine groups is 1. The number of hydrogen-bond acceptors (Lipinski definition) is 5. The van der Waals surface area contributed by atoms with Crippen LogP contribution in [0.15, 0.2) is 18.3 Å². The van der Waals surface area contributed by atoms with Crippen molar-refractivity contribution >= 4 is 11.8 Å². The largest absolute Gasteiger partial charge is 0.481 e. The summed E-state index contributed by atoms with van der Waals surface area (Å²) in [4.78, 5) is 25.7. The quantitative estimate of drug-likeness (QED) is 0.256. The van der Waals surface area contributed by atoms with Gasteiger partial charge in [0.25, 0.3) is 0 Å². The molecule has 0 radical (unpaired) electrons. The van der Waals surface area contributed by atoms with Crippen LogP contribution in [-0.2, 0) is 16.1 Å². The number of aromatic nitrogens is 1. The molecule has 0 aromatic carbocycles. The molecule has 0 unspecified atom stereocenters. The molecule has 0 saturated carbocycles. The maximum atomic E-state index is 11.0. The summed E-state index contributed by atoms with van der Waals surface area (Å²) in [6, 6.07) is 3.39. The predicted molar refractivity (Wildman–Crippen MR) is 55.0 cm³/mol. The summed E-state index contributed by atoms with van der Waals surface area (Å²) in [5, 5.41) is 2.38. The fraction of sp³-hybridized carbons (Fsp3) is 0.222. The predicted octanol–water partition coefficient (Wildman–Crippen LogP) is -1.30. The molecule has 0 aliphatic carbocycles. The molecule has 7 nitrogen and oxygen atoms in total. The van der Waals surface area contributed by atoms with E-state index in [1.54, 1.807) is 23.8 Å². The van der Waals surface area contributed by atoms with Crippen molar-refractivity contribution in [2.45, 2.75) is 6.54 Å². The van der Waals surface area contributed by atoms with E-state index in [0.717, 1.165) is 5.56 Å². The molecule has 4 N–H and O–H groups in total. The molecule has 0 aliphatic heterocycles. The van der Waals surface area contributed by atoms with E-state index < -0.39 is 11.8 Å². The molecule has 1 heterocycles. The summed E-state index contributed by atoms with van der Waals surface area (Å²) < 4.78 is 4.87. The minimum atomic E-state index is -0.888. The summed E-state index contributed by atoms with van der Waals surface area (Å²) in [7, 11) is 1.51. The highest BCUT2D eigenvalue weighted by Gasteiger charge is 2.10. The first-order valence-electron chi connectivity index (χ1n) is 4.45. The first-order chi connectivity index (χ1) is 7.67. The van der Waals surface area contributed by atoms with Crippen molar-refractivity contribution in [2.75, 3.05) is 7.11 Å². The van der Waals surface area contributed by atoms with Crippen molar-refractivity contribution in [1.82, 2.24) is 15.7 Å². The van der Waals surface area contributed by atoms with Gasteiger partial charge in [-0.2, -0.15) is 0 Å². The van der Waals surface area contributed by atoms with Crippen molar-refractivity contribution in [2.24, 2.45) is 5.84 Å². The van der Waals surface area contributed by atoms with Crippen LogP contribution in [0.3, 0.4) is 0 Å². The first-order valence-corrected chi connectivity index (χ1v) is 4.45. The van der Waals surface area contributed by atoms with E-state index in [1.165, 1.54) is 7.11 Å². The van der Waals surface area contributed by atoms with Gasteiger partial charge in [-0.15, -0.1) is 0 Å². The van der Waals surface area contributed by atoms with Gasteiger partial charge in [0.2, 0.25) is 5.88 Å². The van der Waals surface area contributed by atoms with Crippen molar-refractivity contribution in [3.8, 4) is 5.88 Å². The third-order valence-electron chi connectivity index (χ3n) is 1.80. The summed E-state index contributed by atoms with van der Waals surface area (Å²) in [5.41, 5.74) is 2.48. The number of nitrogens with two attached hydrogens (primary N) is 1. The number of rotatable bonds is 3. The fourth-order valence-electron chi connectivity index (χ4n) is 0.964. The van der Waals surface area contributed by atoms with E-state index in [4.69, 9.17) is 10.6 Å². The molecule has 1 aromatic heterocycles. The summed E-state index contributed by atoms with van der Waals surface area (Å²) >= 11 is 0. The molecule has 0 aliphatic rings. The van der Waals surface area contributed by atoms with E-state index in [-0.39, 0.29) is 6.54 Å². The lowest BCUT2D eigenvalue weighted by atomic mass is 10.3. The standard InChI is InChI=1S/C9H12N4O3/c1-16-7-3-2-6(4-11-7)5-12-8(14)9(15)13-10/h2-4H,5,10H2,1H3,(H,12,14)(H,13,15). The van der Waals surface area contributed by atoms with E-state index in [1.807, 2.05) is 0 Å². The van der Waals surface area contributed by atoms with Gasteiger partial charge in [0.15, 0.2) is 0 Å². The van der Waals surface area contributed by atoms with Gasteiger partial charge in [-0.3, -0.25) is 15.0 Å². The van der Waals surface area contributed by atoms with Crippen LogP contribution in [0.4, 0.5) is 0 Å². The third-order valence-corrected chi connectivity index (χ3v) is 1.80. The van der Waals surface area contributed by atoms with Gasteiger partial charge in [-0.05, 0) is 5.56 Å². The number of amides is 2. The van der Waals surface area contributed by atoms with Crippen molar-refractivity contribution in [1.29, 1.82) is 0 Å². The first kappa shape index (κ1) is 11.9. The molecule has 0 fully saturated rings. The van der Waals surface area contributed by atoms with Crippen LogP contribution in [-0.4, -0.2) is 23.9 Å². The molecule has 86 valence electrons. The highest BCUT2D eigenvalue weighted by Crippen LogP contribution is 2.05. The molecule has 0 spiro atoms. The van der Waals surface area contributed by atoms with Crippen LogP contribution in [0.2, 0.25) is 0 Å². The molecule has 7 heteroatoms. The fourth-order valence-corrected chi connectivity index (χ4v) is 0.964. The third kappa shape index (κ3) is 3.21. The Morgan fingerprint density at radius 3 is 2.69 bits per heavy atom. The number of nitrogens with one attached hydrogen (secondary N) is 2. The van der Waals surface area contributed by atoms with Crippen molar-refractivity contribution in [3.05, 3.63) is 23.9 Å². The van der Waals surface area contributed by atoms with Gasteiger partial charge in [-0.1, -0.05) is 6.07 Å². The van der Waals surface area contributed by atoms with Gasteiger partial charge in [0.1, 0.15) is 0 Å². The number of carbonyl (C=O) groups is 2. The highest BCUT2D eigenvalue weighted by atomic mass is 16.5. The molecule has 2 amide bonds. The lowest BCUT2D eigenvalue weighted by Crippen LogP contribution is -2.42. The molecule has 1 rings (SSSR count). The Morgan fingerprint density at radius 1 is 1.44 bits per heavy atom. The number of methoxy groups -OCH3 is 1. The van der Waals surface area contributed by atoms with Crippen molar-refractivity contribution in [3.63, 3.8) is 0 Å². The maximum Gasteiger partial charge on any atom is 0.323 e. The Kier molecular flexibility index (Phi) is 4.22. The van der Waals surface area contributed by atoms with Gasteiger partial charge >= 0.3 is 11.8 Å². The van der Waals surface area contributed by atoms with Crippen LogP contribution in [0.5, 0.6) is 5.88 Å². The second kappa shape index (κ2) is 5.66. The Balaban J connectivity index is 2.48. The van der Waals surface area contributed by atoms with Gasteiger partial charge < -0.3 is 10.1 Å². The minimum absolute atomic E-state index is 0.198. The molecule has 1 aromatic rings. The van der Waals surface area contributed by atoms with E-state index in [9.17, 15) is 9.59 Å². The maximum absolute atomic E-state index is 11.0. The number of pyridine rings is 1. The molecule has 16 heavy (non-hydrogen) atoms. The Labute approximate surface area is 92.0 Å². The van der Waals surface area contributed by atoms with Gasteiger partial charge in [0.05, 0.1) is 7.11 Å². The molecule has 0 bridgehead atoms. The smallest absolute Gasteiger partial charge is 0.323 e. The zero-order valence-electron chi connectivity index (χ0n) is 8.69.